The number of anilines is 1. The van der Waals surface area contributed by atoms with Crippen molar-refractivity contribution in [3.05, 3.63) is 23.2 Å². The van der Waals surface area contributed by atoms with Crippen molar-refractivity contribution in [1.29, 1.82) is 0 Å². The van der Waals surface area contributed by atoms with Crippen LogP contribution in [0.2, 0.25) is 0 Å². The van der Waals surface area contributed by atoms with Crippen LogP contribution < -0.4 is 11.1 Å². The maximum atomic E-state index is 13.1. The van der Waals surface area contributed by atoms with Gasteiger partial charge in [-0.15, -0.1) is 0 Å². The van der Waals surface area contributed by atoms with E-state index >= 15 is 0 Å². The van der Waals surface area contributed by atoms with E-state index in [0.29, 0.717) is 0 Å². The smallest absolute Gasteiger partial charge is 0.365 e. The van der Waals surface area contributed by atoms with E-state index in [-0.39, 0.29) is 50.3 Å². The second-order valence-electron chi connectivity index (χ2n) is 7.48. The van der Waals surface area contributed by atoms with Gasteiger partial charge in [0.2, 0.25) is 12.5 Å². The van der Waals surface area contributed by atoms with E-state index in [1.807, 2.05) is 0 Å². The maximum absolute atomic E-state index is 13.1. The van der Waals surface area contributed by atoms with Crippen LogP contribution in [0.4, 0.5) is 23.4 Å². The summed E-state index contributed by atoms with van der Waals surface area (Å²) in [5.41, 5.74) is 4.32. The molecule has 3 N–H and O–H groups in total. The van der Waals surface area contributed by atoms with Gasteiger partial charge in [0, 0.05) is 19.3 Å². The van der Waals surface area contributed by atoms with Crippen LogP contribution in [0.1, 0.15) is 29.6 Å². The third kappa shape index (κ3) is 4.67. The molecule has 0 spiro atoms. The number of likely N-dealkylation sites (tertiary alicyclic amines) is 1. The third-order valence-corrected chi connectivity index (χ3v) is 5.32. The molecular formula is C17H20F4N6O2. The van der Waals surface area contributed by atoms with Crippen molar-refractivity contribution in [2.45, 2.75) is 37.1 Å². The average Bonchev–Trinajstić information content (AvgIpc) is 3.19. The number of halogens is 4. The van der Waals surface area contributed by atoms with Gasteiger partial charge in [0.15, 0.2) is 5.82 Å². The molecule has 0 unspecified atom stereocenters. The van der Waals surface area contributed by atoms with E-state index in [1.54, 1.807) is 0 Å². The molecule has 2 fully saturated rings. The summed E-state index contributed by atoms with van der Waals surface area (Å²) in [4.78, 5) is 28.4. The highest BCUT2D eigenvalue weighted by molar-refractivity contribution is 6.03. The Balaban J connectivity index is 1.82. The quantitative estimate of drug-likeness (QED) is 0.543. The van der Waals surface area contributed by atoms with Gasteiger partial charge < -0.3 is 15.9 Å². The summed E-state index contributed by atoms with van der Waals surface area (Å²) in [6.45, 7) is 6.32. The lowest BCUT2D eigenvalue weighted by molar-refractivity contribution is -0.150. The van der Waals surface area contributed by atoms with Gasteiger partial charge in [-0.05, 0) is 19.3 Å². The predicted molar refractivity (Wildman–Crippen MR) is 93.5 cm³/mol. The summed E-state index contributed by atoms with van der Waals surface area (Å²) in [6.07, 6.45) is -3.76. The van der Waals surface area contributed by atoms with Crippen LogP contribution in [0.25, 0.3) is 4.85 Å². The number of alkyl halides is 4. The van der Waals surface area contributed by atoms with E-state index in [2.05, 4.69) is 15.3 Å². The molecule has 0 aromatic carbocycles. The first-order valence-electron chi connectivity index (χ1n) is 9.02. The summed E-state index contributed by atoms with van der Waals surface area (Å²) in [5, 5.41) is 6.59. The number of piperidine rings is 1. The molecule has 2 heterocycles. The van der Waals surface area contributed by atoms with Crippen LogP contribution in [0.5, 0.6) is 0 Å². The van der Waals surface area contributed by atoms with Crippen LogP contribution in [0, 0.1) is 12.5 Å². The van der Waals surface area contributed by atoms with Gasteiger partial charge in [-0.2, -0.15) is 18.3 Å². The Morgan fingerprint density at radius 2 is 2.00 bits per heavy atom. The van der Waals surface area contributed by atoms with Crippen LogP contribution in [-0.2, 0) is 10.3 Å². The van der Waals surface area contributed by atoms with Crippen LogP contribution in [0.15, 0.2) is 6.20 Å². The number of hydrogen-bond donors (Lipinski definition) is 2. The van der Waals surface area contributed by atoms with Crippen LogP contribution in [0.3, 0.4) is 0 Å². The highest BCUT2D eigenvalue weighted by atomic mass is 19.4. The Bertz CT molecular complexity index is 838. The van der Waals surface area contributed by atoms with Gasteiger partial charge in [0.25, 0.3) is 5.91 Å². The molecule has 2 aliphatic rings. The minimum atomic E-state index is -4.32. The van der Waals surface area contributed by atoms with Crippen molar-refractivity contribution in [2.24, 2.45) is 11.7 Å². The molecule has 0 bridgehead atoms. The molecular weight excluding hydrogens is 396 g/mol. The van der Waals surface area contributed by atoms with E-state index in [0.717, 1.165) is 0 Å². The SMILES string of the molecule is [C-]#[N+]CC1(n2cc(C(N)=O)c(NC(=O)[C@@H]3C[C@H]3F)n2)CCN(CC(F)(F)F)CC1. The minimum Gasteiger partial charge on any atom is -0.365 e. The number of primary amides is 1. The molecule has 2 atom stereocenters. The van der Waals surface area contributed by atoms with E-state index in [1.165, 1.54) is 15.8 Å². The molecule has 2 amide bonds. The largest absolute Gasteiger partial charge is 0.401 e. The molecule has 1 aliphatic carbocycles. The number of amides is 2. The second kappa shape index (κ2) is 7.62. The molecule has 1 aromatic rings. The minimum absolute atomic E-state index is 0.0602. The zero-order valence-electron chi connectivity index (χ0n) is 15.4. The monoisotopic (exact) mass is 416 g/mol. The predicted octanol–water partition coefficient (Wildman–Crippen LogP) is 1.55. The van der Waals surface area contributed by atoms with E-state index < -0.39 is 42.2 Å². The summed E-state index contributed by atoms with van der Waals surface area (Å²) in [5.74, 6) is -2.43. The number of nitrogens with one attached hydrogen (secondary N) is 1. The topological polar surface area (TPSA) is 97.6 Å². The fourth-order valence-electron chi connectivity index (χ4n) is 3.52. The van der Waals surface area contributed by atoms with Crippen molar-refractivity contribution in [3.8, 4) is 0 Å². The molecule has 12 heteroatoms. The maximum Gasteiger partial charge on any atom is 0.401 e. The molecule has 1 aliphatic heterocycles. The van der Waals surface area contributed by atoms with Gasteiger partial charge in [-0.25, -0.2) is 11.0 Å². The standard InChI is InChI=1S/C17H20F4N6O2/c1-23-8-16(2-4-26(5-3-16)9-17(19,20)21)27-7-11(13(22)28)14(25-27)24-15(29)10-6-12(10)18/h7,10,12H,2-6,8-9H2,(H2,22,28)(H,24,25,29)/t10-,12-/m1/s1. The Morgan fingerprint density at radius 3 is 2.48 bits per heavy atom. The number of carbonyl (C=O) groups excluding carboxylic acids is 2. The zero-order chi connectivity index (χ0) is 21.4. The van der Waals surface area contributed by atoms with Crippen molar-refractivity contribution in [2.75, 3.05) is 31.5 Å². The van der Waals surface area contributed by atoms with Gasteiger partial charge >= 0.3 is 6.18 Å². The Kier molecular flexibility index (Phi) is 5.53. The van der Waals surface area contributed by atoms with Crippen LogP contribution in [-0.4, -0.2) is 65.0 Å². The third-order valence-electron chi connectivity index (χ3n) is 5.32. The summed E-state index contributed by atoms with van der Waals surface area (Å²) < 4.78 is 52.4. The molecule has 158 valence electrons. The average molecular weight is 416 g/mol. The Hall–Kier alpha value is -2.68. The zero-order valence-corrected chi connectivity index (χ0v) is 15.4. The first-order chi connectivity index (χ1) is 13.5. The molecule has 1 saturated heterocycles. The van der Waals surface area contributed by atoms with E-state index in [4.69, 9.17) is 12.3 Å². The van der Waals surface area contributed by atoms with Crippen molar-refractivity contribution in [1.82, 2.24) is 14.7 Å². The van der Waals surface area contributed by atoms with Crippen molar-refractivity contribution in [3.63, 3.8) is 0 Å². The van der Waals surface area contributed by atoms with Gasteiger partial charge in [0.1, 0.15) is 17.3 Å². The molecule has 3 rings (SSSR count). The number of nitrogens with two attached hydrogens (primary N) is 1. The summed E-state index contributed by atoms with van der Waals surface area (Å²) >= 11 is 0. The number of nitrogens with zero attached hydrogens (tertiary/aromatic N) is 4. The van der Waals surface area contributed by atoms with Gasteiger partial charge in [0.05, 0.1) is 12.5 Å². The number of aromatic nitrogens is 2. The molecule has 1 aromatic heterocycles. The first-order valence-corrected chi connectivity index (χ1v) is 9.02. The fraction of sp³-hybridized carbons (Fsp3) is 0.647. The summed E-state index contributed by atoms with van der Waals surface area (Å²) in [7, 11) is 0. The first kappa shape index (κ1) is 21.0. The molecule has 0 radical (unpaired) electrons. The Labute approximate surface area is 163 Å². The molecule has 8 nitrogen and oxygen atoms in total. The summed E-state index contributed by atoms with van der Waals surface area (Å²) in [6, 6.07) is 0. The molecule has 29 heavy (non-hydrogen) atoms. The van der Waals surface area contributed by atoms with E-state index in [9.17, 15) is 27.2 Å². The van der Waals surface area contributed by atoms with Crippen molar-refractivity contribution < 1.29 is 27.2 Å². The number of carbonyl (C=O) groups is 2. The second-order valence-corrected chi connectivity index (χ2v) is 7.48. The highest BCUT2D eigenvalue weighted by Gasteiger charge is 2.45. The van der Waals surface area contributed by atoms with Gasteiger partial charge in [-0.3, -0.25) is 19.2 Å². The molecule has 1 saturated carbocycles. The Morgan fingerprint density at radius 1 is 1.38 bits per heavy atom. The lowest BCUT2D eigenvalue weighted by Crippen LogP contribution is -2.50. The number of hydrogen-bond acceptors (Lipinski definition) is 4. The lowest BCUT2D eigenvalue weighted by Gasteiger charge is -2.38. The lowest BCUT2D eigenvalue weighted by atomic mass is 9.87. The van der Waals surface area contributed by atoms with Gasteiger partial charge in [-0.1, -0.05) is 0 Å². The fourth-order valence-corrected chi connectivity index (χ4v) is 3.52. The highest BCUT2D eigenvalue weighted by Crippen LogP contribution is 2.36. The number of rotatable bonds is 6. The van der Waals surface area contributed by atoms with Crippen LogP contribution >= 0.6 is 0 Å². The normalized spacial score (nSPS) is 24.0. The van der Waals surface area contributed by atoms with Crippen molar-refractivity contribution >= 4 is 17.6 Å².